The van der Waals surface area contributed by atoms with Crippen LogP contribution in [0, 0.1) is 21.4 Å². The molecule has 1 heterocycles. The van der Waals surface area contributed by atoms with E-state index in [2.05, 4.69) is 26.2 Å². The minimum atomic E-state index is -0.355. The summed E-state index contributed by atoms with van der Waals surface area (Å²) >= 11 is 1.63. The van der Waals surface area contributed by atoms with Crippen LogP contribution in [0.2, 0.25) is 0 Å². The Hall–Kier alpha value is -2.28. The zero-order valence-electron chi connectivity index (χ0n) is 20.1. The van der Waals surface area contributed by atoms with Gasteiger partial charge in [-0.3, -0.25) is 15.1 Å². The van der Waals surface area contributed by atoms with Crippen molar-refractivity contribution >= 4 is 22.7 Å². The number of nitro groups is 1. The Balaban J connectivity index is 1.67. The SMILES string of the molecule is CCC(C)(C)C1CCC(=Nn2c(-c3ccc([N+](=O)[O-])cc3)csc2=NC2CCCCC2)CC1. The molecule has 0 spiro atoms. The second-order valence-corrected chi connectivity index (χ2v) is 11.1. The molecule has 2 aliphatic carbocycles. The topological polar surface area (TPSA) is 72.8 Å². The molecule has 0 aliphatic heterocycles. The van der Waals surface area contributed by atoms with E-state index in [1.165, 1.54) is 44.2 Å². The number of benzene rings is 1. The van der Waals surface area contributed by atoms with Gasteiger partial charge in [-0.05, 0) is 62.0 Å². The Bertz CT molecular complexity index is 1050. The van der Waals surface area contributed by atoms with Gasteiger partial charge in [-0.2, -0.15) is 5.10 Å². The fourth-order valence-corrected chi connectivity index (χ4v) is 5.97. The summed E-state index contributed by atoms with van der Waals surface area (Å²) in [6.07, 6.45) is 11.7. The molecule has 2 saturated carbocycles. The van der Waals surface area contributed by atoms with Gasteiger partial charge in [-0.15, -0.1) is 11.3 Å². The molecule has 2 fully saturated rings. The molecule has 178 valence electrons. The van der Waals surface area contributed by atoms with Crippen molar-refractivity contribution in [1.29, 1.82) is 0 Å². The van der Waals surface area contributed by atoms with Crippen LogP contribution in [0.3, 0.4) is 0 Å². The maximum absolute atomic E-state index is 11.1. The van der Waals surface area contributed by atoms with Gasteiger partial charge in [0.25, 0.3) is 5.69 Å². The van der Waals surface area contributed by atoms with E-state index in [-0.39, 0.29) is 10.6 Å². The summed E-state index contributed by atoms with van der Waals surface area (Å²) in [5.41, 5.74) is 3.63. The Morgan fingerprint density at radius 2 is 1.76 bits per heavy atom. The number of rotatable bonds is 6. The first-order chi connectivity index (χ1) is 15.9. The number of nitrogens with zero attached hydrogens (tertiary/aromatic N) is 4. The van der Waals surface area contributed by atoms with Crippen molar-refractivity contribution in [3.8, 4) is 11.3 Å². The molecule has 0 radical (unpaired) electrons. The lowest BCUT2D eigenvalue weighted by Gasteiger charge is -2.36. The van der Waals surface area contributed by atoms with Gasteiger partial charge < -0.3 is 0 Å². The molecule has 2 aromatic rings. The summed E-state index contributed by atoms with van der Waals surface area (Å²) in [7, 11) is 0. The molecule has 6 nitrogen and oxygen atoms in total. The van der Waals surface area contributed by atoms with E-state index in [1.807, 2.05) is 16.8 Å². The van der Waals surface area contributed by atoms with Crippen LogP contribution in [0.15, 0.2) is 39.7 Å². The lowest BCUT2D eigenvalue weighted by molar-refractivity contribution is -0.384. The van der Waals surface area contributed by atoms with Crippen LogP contribution in [-0.2, 0) is 0 Å². The molecule has 0 amide bonds. The average molecular weight is 469 g/mol. The largest absolute Gasteiger partial charge is 0.269 e. The van der Waals surface area contributed by atoms with Crippen LogP contribution in [0.1, 0.15) is 85.0 Å². The first kappa shape index (κ1) is 23.9. The van der Waals surface area contributed by atoms with Crippen molar-refractivity contribution in [1.82, 2.24) is 4.68 Å². The Morgan fingerprint density at radius 3 is 2.36 bits per heavy atom. The van der Waals surface area contributed by atoms with Crippen LogP contribution in [0.25, 0.3) is 11.3 Å². The van der Waals surface area contributed by atoms with E-state index < -0.39 is 0 Å². The molecular weight excluding hydrogens is 432 g/mol. The highest BCUT2D eigenvalue weighted by molar-refractivity contribution is 7.07. The molecular formula is C26H36N4O2S. The average Bonchev–Trinajstić information content (AvgIpc) is 3.22. The van der Waals surface area contributed by atoms with Crippen molar-refractivity contribution in [2.45, 2.75) is 91.0 Å². The first-order valence-electron chi connectivity index (χ1n) is 12.4. The molecule has 2 aliphatic rings. The third-order valence-electron chi connectivity index (χ3n) is 7.75. The highest BCUT2D eigenvalue weighted by atomic mass is 32.1. The van der Waals surface area contributed by atoms with Crippen molar-refractivity contribution in [3.63, 3.8) is 0 Å². The van der Waals surface area contributed by atoms with Crippen LogP contribution >= 0.6 is 11.3 Å². The van der Waals surface area contributed by atoms with Gasteiger partial charge in [0.2, 0.25) is 4.80 Å². The molecule has 7 heteroatoms. The predicted octanol–water partition coefficient (Wildman–Crippen LogP) is 7.19. The third kappa shape index (κ3) is 5.62. The molecule has 0 unspecified atom stereocenters. The van der Waals surface area contributed by atoms with Gasteiger partial charge in [0, 0.05) is 28.8 Å². The molecule has 0 saturated heterocycles. The number of hydrogen-bond acceptors (Lipinski definition) is 5. The number of aromatic nitrogens is 1. The van der Waals surface area contributed by atoms with E-state index in [4.69, 9.17) is 10.1 Å². The van der Waals surface area contributed by atoms with E-state index in [0.29, 0.717) is 11.5 Å². The van der Waals surface area contributed by atoms with Crippen molar-refractivity contribution < 1.29 is 4.92 Å². The van der Waals surface area contributed by atoms with Crippen LogP contribution in [0.4, 0.5) is 5.69 Å². The standard InChI is InChI=1S/C26H36N4O2S/c1-4-26(2,3)20-12-14-22(15-13-20)28-29-24(19-10-16-23(17-11-19)30(31)32)18-33-25(29)27-21-8-6-5-7-9-21/h10-11,16-18,20-21H,4-9,12-15H2,1-3H3. The van der Waals surface area contributed by atoms with Gasteiger partial charge >= 0.3 is 0 Å². The normalized spacial score (nSPS) is 20.8. The Labute approximate surface area is 200 Å². The Morgan fingerprint density at radius 1 is 1.09 bits per heavy atom. The van der Waals surface area contributed by atoms with Gasteiger partial charge in [-0.1, -0.05) is 46.5 Å². The molecule has 1 aromatic carbocycles. The van der Waals surface area contributed by atoms with Crippen molar-refractivity contribution in [2.24, 2.45) is 21.4 Å². The number of nitro benzene ring substituents is 1. The lowest BCUT2D eigenvalue weighted by atomic mass is 9.69. The van der Waals surface area contributed by atoms with E-state index in [9.17, 15) is 10.1 Å². The minimum Gasteiger partial charge on any atom is -0.258 e. The second-order valence-electron chi connectivity index (χ2n) is 10.2. The molecule has 0 atom stereocenters. The van der Waals surface area contributed by atoms with Crippen LogP contribution < -0.4 is 4.80 Å². The van der Waals surface area contributed by atoms with Gasteiger partial charge in [0.15, 0.2) is 0 Å². The fourth-order valence-electron chi connectivity index (χ4n) is 5.07. The fraction of sp³-hybridized carbons (Fsp3) is 0.615. The molecule has 0 bridgehead atoms. The Kier molecular flexibility index (Phi) is 7.47. The van der Waals surface area contributed by atoms with E-state index in [0.717, 1.165) is 47.7 Å². The second kappa shape index (κ2) is 10.3. The zero-order valence-corrected chi connectivity index (χ0v) is 20.9. The minimum absolute atomic E-state index is 0.107. The molecule has 33 heavy (non-hydrogen) atoms. The zero-order chi connectivity index (χ0) is 23.4. The maximum atomic E-state index is 11.1. The van der Waals surface area contributed by atoms with E-state index in [1.54, 1.807) is 23.5 Å². The van der Waals surface area contributed by atoms with Crippen LogP contribution in [-0.4, -0.2) is 21.4 Å². The highest BCUT2D eigenvalue weighted by Gasteiger charge is 2.30. The van der Waals surface area contributed by atoms with E-state index >= 15 is 0 Å². The van der Waals surface area contributed by atoms with Gasteiger partial charge in [0.1, 0.15) is 0 Å². The summed E-state index contributed by atoms with van der Waals surface area (Å²) in [6.45, 7) is 7.07. The predicted molar refractivity (Wildman–Crippen MR) is 136 cm³/mol. The molecule has 1 aromatic heterocycles. The molecule has 0 N–H and O–H groups in total. The first-order valence-corrected chi connectivity index (χ1v) is 13.3. The summed E-state index contributed by atoms with van der Waals surface area (Å²) in [5.74, 6) is 0.745. The quantitative estimate of drug-likeness (QED) is 0.332. The van der Waals surface area contributed by atoms with Crippen molar-refractivity contribution in [2.75, 3.05) is 0 Å². The smallest absolute Gasteiger partial charge is 0.258 e. The monoisotopic (exact) mass is 468 g/mol. The number of hydrogen-bond donors (Lipinski definition) is 0. The molecule has 4 rings (SSSR count). The summed E-state index contributed by atoms with van der Waals surface area (Å²) in [4.78, 5) is 16.8. The van der Waals surface area contributed by atoms with Crippen LogP contribution in [0.5, 0.6) is 0 Å². The number of thiazole rings is 1. The lowest BCUT2D eigenvalue weighted by Crippen LogP contribution is -2.28. The third-order valence-corrected chi connectivity index (χ3v) is 8.58. The maximum Gasteiger partial charge on any atom is 0.269 e. The van der Waals surface area contributed by atoms with Gasteiger partial charge in [-0.25, -0.2) is 4.68 Å². The van der Waals surface area contributed by atoms with Gasteiger partial charge in [0.05, 0.1) is 16.7 Å². The summed E-state index contributed by atoms with van der Waals surface area (Å²) < 4.78 is 2.01. The highest BCUT2D eigenvalue weighted by Crippen LogP contribution is 2.39. The summed E-state index contributed by atoms with van der Waals surface area (Å²) in [6, 6.07) is 7.15. The number of non-ortho nitro benzene ring substituents is 1. The van der Waals surface area contributed by atoms with Crippen molar-refractivity contribution in [3.05, 3.63) is 44.6 Å². The summed E-state index contributed by atoms with van der Waals surface area (Å²) in [5, 5.41) is 18.3.